The van der Waals surface area contributed by atoms with Gasteiger partial charge in [0.15, 0.2) is 0 Å². The third kappa shape index (κ3) is 2.75. The molecule has 0 atom stereocenters. The summed E-state index contributed by atoms with van der Waals surface area (Å²) in [6, 6.07) is 10.0. The Labute approximate surface area is 109 Å². The van der Waals surface area contributed by atoms with Gasteiger partial charge in [-0.2, -0.15) is 0 Å². The van der Waals surface area contributed by atoms with Crippen molar-refractivity contribution in [2.75, 3.05) is 11.4 Å². The number of hydrogen-bond donors (Lipinski definition) is 1. The number of benzene rings is 1. The van der Waals surface area contributed by atoms with Gasteiger partial charge in [-0.15, -0.1) is 11.3 Å². The topological polar surface area (TPSA) is 46.3 Å². The molecule has 0 fully saturated rings. The number of nitrogens with two attached hydrogens (primary N) is 1. The first kappa shape index (κ1) is 12.7. The first-order valence-electron chi connectivity index (χ1n) is 5.49. The van der Waals surface area contributed by atoms with Crippen LogP contribution in [0.25, 0.3) is 0 Å². The molecule has 0 saturated carbocycles. The maximum atomic E-state index is 13.7. The van der Waals surface area contributed by atoms with Crippen molar-refractivity contribution < 1.29 is 9.18 Å². The molecule has 1 amide bonds. The molecule has 94 valence electrons. The summed E-state index contributed by atoms with van der Waals surface area (Å²) in [7, 11) is 0. The molecular formula is C13H13FN2OS. The van der Waals surface area contributed by atoms with Crippen LogP contribution in [0.3, 0.4) is 0 Å². The molecule has 1 aromatic heterocycles. The van der Waals surface area contributed by atoms with Crippen LogP contribution in [-0.4, -0.2) is 12.5 Å². The lowest BCUT2D eigenvalue weighted by atomic mass is 10.2. The fraction of sp³-hybridized carbons (Fsp3) is 0.154. The quantitative estimate of drug-likeness (QED) is 0.921. The molecule has 0 radical (unpaired) electrons. The second kappa shape index (κ2) is 5.75. The largest absolute Gasteiger partial charge is 0.322 e. The highest BCUT2D eigenvalue weighted by molar-refractivity contribution is 7.09. The van der Waals surface area contributed by atoms with Crippen LogP contribution in [0.15, 0.2) is 41.8 Å². The van der Waals surface area contributed by atoms with Gasteiger partial charge < -0.3 is 10.6 Å². The van der Waals surface area contributed by atoms with E-state index in [-0.39, 0.29) is 18.1 Å². The van der Waals surface area contributed by atoms with E-state index < -0.39 is 5.82 Å². The van der Waals surface area contributed by atoms with E-state index in [0.717, 1.165) is 4.88 Å². The highest BCUT2D eigenvalue weighted by Gasteiger charge is 2.18. The average Bonchev–Trinajstić information content (AvgIpc) is 2.89. The van der Waals surface area contributed by atoms with Crippen LogP contribution in [0, 0.1) is 5.82 Å². The zero-order valence-corrected chi connectivity index (χ0v) is 10.5. The Kier molecular flexibility index (Phi) is 4.07. The number of carbonyl (C=O) groups is 1. The van der Waals surface area contributed by atoms with E-state index in [1.54, 1.807) is 18.2 Å². The van der Waals surface area contributed by atoms with E-state index in [2.05, 4.69) is 0 Å². The van der Waals surface area contributed by atoms with E-state index in [1.807, 2.05) is 17.5 Å². The Bertz CT molecular complexity index is 528. The van der Waals surface area contributed by atoms with Crippen molar-refractivity contribution in [1.82, 2.24) is 0 Å². The van der Waals surface area contributed by atoms with Gasteiger partial charge in [-0.1, -0.05) is 18.2 Å². The van der Waals surface area contributed by atoms with Crippen molar-refractivity contribution in [3.05, 3.63) is 52.5 Å². The van der Waals surface area contributed by atoms with Crippen LogP contribution in [0.1, 0.15) is 4.88 Å². The Balaban J connectivity index is 2.31. The molecule has 0 aliphatic heterocycles. The number of halogens is 1. The van der Waals surface area contributed by atoms with Gasteiger partial charge in [-0.05, 0) is 23.6 Å². The number of para-hydroxylation sites is 1. The Morgan fingerprint density at radius 1 is 1.28 bits per heavy atom. The number of thiophene rings is 1. The molecule has 0 unspecified atom stereocenters. The fourth-order valence-electron chi connectivity index (χ4n) is 1.65. The lowest BCUT2D eigenvalue weighted by Crippen LogP contribution is -2.35. The van der Waals surface area contributed by atoms with E-state index >= 15 is 0 Å². The molecule has 2 rings (SSSR count). The van der Waals surface area contributed by atoms with Crippen molar-refractivity contribution in [2.24, 2.45) is 5.73 Å². The minimum Gasteiger partial charge on any atom is -0.322 e. The molecule has 1 aromatic carbocycles. The summed E-state index contributed by atoms with van der Waals surface area (Å²) < 4.78 is 13.7. The molecule has 2 aromatic rings. The minimum absolute atomic E-state index is 0.139. The van der Waals surface area contributed by atoms with Gasteiger partial charge in [0, 0.05) is 4.88 Å². The number of nitrogens with zero attached hydrogens (tertiary/aromatic N) is 1. The number of hydrogen-bond acceptors (Lipinski definition) is 3. The first-order chi connectivity index (χ1) is 8.72. The van der Waals surface area contributed by atoms with Gasteiger partial charge in [-0.3, -0.25) is 4.79 Å². The van der Waals surface area contributed by atoms with Crippen LogP contribution >= 0.6 is 11.3 Å². The Morgan fingerprint density at radius 2 is 2.06 bits per heavy atom. The van der Waals surface area contributed by atoms with E-state index in [9.17, 15) is 9.18 Å². The average molecular weight is 264 g/mol. The van der Waals surface area contributed by atoms with E-state index in [1.165, 1.54) is 22.3 Å². The number of carbonyl (C=O) groups excluding carboxylic acids is 1. The van der Waals surface area contributed by atoms with E-state index in [4.69, 9.17) is 5.73 Å². The monoisotopic (exact) mass is 264 g/mol. The summed E-state index contributed by atoms with van der Waals surface area (Å²) in [4.78, 5) is 14.2. The molecule has 0 aliphatic rings. The zero-order valence-electron chi connectivity index (χ0n) is 9.67. The third-order valence-corrected chi connectivity index (χ3v) is 3.37. The summed E-state index contributed by atoms with van der Waals surface area (Å²) in [5, 5.41) is 1.92. The van der Waals surface area contributed by atoms with Gasteiger partial charge >= 0.3 is 0 Å². The molecule has 2 N–H and O–H groups in total. The third-order valence-electron chi connectivity index (χ3n) is 2.51. The van der Waals surface area contributed by atoms with E-state index in [0.29, 0.717) is 6.54 Å². The molecule has 0 spiro atoms. The van der Waals surface area contributed by atoms with Gasteiger partial charge in [0.05, 0.1) is 18.8 Å². The molecule has 18 heavy (non-hydrogen) atoms. The normalized spacial score (nSPS) is 10.3. The lowest BCUT2D eigenvalue weighted by molar-refractivity contribution is -0.117. The molecule has 0 aliphatic carbocycles. The molecule has 1 heterocycles. The first-order valence-corrected chi connectivity index (χ1v) is 6.37. The zero-order chi connectivity index (χ0) is 13.0. The smallest absolute Gasteiger partial charge is 0.241 e. The lowest BCUT2D eigenvalue weighted by Gasteiger charge is -2.22. The molecule has 0 saturated heterocycles. The minimum atomic E-state index is -0.421. The Hall–Kier alpha value is -1.72. The van der Waals surface area contributed by atoms with Crippen molar-refractivity contribution >= 4 is 22.9 Å². The molecule has 5 heteroatoms. The highest BCUT2D eigenvalue weighted by atomic mass is 32.1. The van der Waals surface area contributed by atoms with Gasteiger partial charge in [-0.25, -0.2) is 4.39 Å². The van der Waals surface area contributed by atoms with Crippen LogP contribution in [0.4, 0.5) is 10.1 Å². The van der Waals surface area contributed by atoms with Gasteiger partial charge in [0.2, 0.25) is 5.91 Å². The number of rotatable bonds is 4. The predicted molar refractivity (Wildman–Crippen MR) is 71.0 cm³/mol. The van der Waals surface area contributed by atoms with Crippen LogP contribution < -0.4 is 10.6 Å². The fourth-order valence-corrected chi connectivity index (χ4v) is 2.34. The molecule has 0 bridgehead atoms. The summed E-state index contributed by atoms with van der Waals surface area (Å²) in [6.45, 7) is 0.203. The second-order valence-electron chi connectivity index (χ2n) is 3.71. The second-order valence-corrected chi connectivity index (χ2v) is 4.75. The van der Waals surface area contributed by atoms with Crippen LogP contribution in [0.2, 0.25) is 0 Å². The van der Waals surface area contributed by atoms with Crippen molar-refractivity contribution in [3.8, 4) is 0 Å². The van der Waals surface area contributed by atoms with Gasteiger partial charge in [0.25, 0.3) is 0 Å². The summed E-state index contributed by atoms with van der Waals surface area (Å²) in [5.41, 5.74) is 5.64. The molecular weight excluding hydrogens is 251 g/mol. The standard InChI is InChI=1S/C13H13FN2OS/c14-11-5-1-2-6-12(11)16(13(17)8-15)9-10-4-3-7-18-10/h1-7H,8-9,15H2. The SMILES string of the molecule is NCC(=O)N(Cc1cccs1)c1ccccc1F. The van der Waals surface area contributed by atoms with Gasteiger partial charge in [0.1, 0.15) is 5.82 Å². The van der Waals surface area contributed by atoms with Crippen molar-refractivity contribution in [1.29, 1.82) is 0 Å². The summed E-state index contributed by atoms with van der Waals surface area (Å²) in [5.74, 6) is -0.718. The Morgan fingerprint density at radius 3 is 2.67 bits per heavy atom. The highest BCUT2D eigenvalue weighted by Crippen LogP contribution is 2.22. The summed E-state index contributed by atoms with van der Waals surface area (Å²) in [6.07, 6.45) is 0. The maximum absolute atomic E-state index is 13.7. The molecule has 3 nitrogen and oxygen atoms in total. The number of anilines is 1. The van der Waals surface area contributed by atoms with Crippen LogP contribution in [-0.2, 0) is 11.3 Å². The van der Waals surface area contributed by atoms with Crippen molar-refractivity contribution in [2.45, 2.75) is 6.54 Å². The summed E-state index contributed by atoms with van der Waals surface area (Å²) >= 11 is 1.52. The maximum Gasteiger partial charge on any atom is 0.241 e. The predicted octanol–water partition coefficient (Wildman–Crippen LogP) is 2.38. The number of amides is 1. The van der Waals surface area contributed by atoms with Crippen molar-refractivity contribution in [3.63, 3.8) is 0 Å². The van der Waals surface area contributed by atoms with Crippen LogP contribution in [0.5, 0.6) is 0 Å².